The number of aliphatic hydroxyl groups excluding tert-OH is 1. The van der Waals surface area contributed by atoms with Gasteiger partial charge in [-0.3, -0.25) is 14.7 Å². The average molecular weight is 665 g/mol. The molecule has 256 valence electrons. The number of pyridine rings is 1. The second-order valence-corrected chi connectivity index (χ2v) is 12.8. The van der Waals surface area contributed by atoms with Crippen LogP contribution in [0.2, 0.25) is 0 Å². The number of halogens is 6. The number of piperidine rings is 1. The molecule has 2 aromatic carbocycles. The van der Waals surface area contributed by atoms with Crippen molar-refractivity contribution in [3.8, 4) is 0 Å². The molecule has 3 aromatic rings. The number of hydrogen-bond donors (Lipinski definition) is 2. The summed E-state index contributed by atoms with van der Waals surface area (Å²) in [5, 5.41) is 14.4. The largest absolute Gasteiger partial charge is 0.510 e. The van der Waals surface area contributed by atoms with Gasteiger partial charge in [0.25, 0.3) is 0 Å². The topological polar surface area (TPSA) is 68.7 Å². The first-order chi connectivity index (χ1) is 22.1. The number of nitrogens with one attached hydrogen (secondary N) is 1. The number of aryl methyl sites for hydroxylation is 1. The van der Waals surface area contributed by atoms with Gasteiger partial charge < -0.3 is 15.3 Å². The highest BCUT2D eigenvalue weighted by atomic mass is 19.4. The molecule has 1 aliphatic carbocycles. The lowest BCUT2D eigenvalue weighted by atomic mass is 9.76. The highest BCUT2D eigenvalue weighted by Crippen LogP contribution is 2.47. The molecule has 1 aliphatic heterocycles. The lowest BCUT2D eigenvalue weighted by Crippen LogP contribution is -2.57. The Labute approximate surface area is 271 Å². The van der Waals surface area contributed by atoms with Crippen molar-refractivity contribution in [2.45, 2.75) is 64.3 Å². The van der Waals surface area contributed by atoms with Crippen LogP contribution in [-0.4, -0.2) is 78.4 Å². The maximum Gasteiger partial charge on any atom is 0.403 e. The van der Waals surface area contributed by atoms with Crippen LogP contribution in [-0.2, 0) is 17.8 Å². The molecule has 0 unspecified atom stereocenters. The summed E-state index contributed by atoms with van der Waals surface area (Å²) >= 11 is 0. The summed E-state index contributed by atoms with van der Waals surface area (Å²) < 4.78 is 77.6. The normalized spacial score (nSPS) is 16.8. The molecule has 1 saturated carbocycles. The van der Waals surface area contributed by atoms with Crippen LogP contribution >= 0.6 is 0 Å². The van der Waals surface area contributed by atoms with Crippen molar-refractivity contribution >= 4 is 16.7 Å². The Bertz CT molecular complexity index is 1550. The zero-order valence-electron chi connectivity index (χ0n) is 26.9. The van der Waals surface area contributed by atoms with Gasteiger partial charge in [-0.2, -0.15) is 26.3 Å². The molecule has 0 bridgehead atoms. The number of carbonyl (C=O) groups is 1. The van der Waals surface area contributed by atoms with Crippen molar-refractivity contribution in [3.05, 3.63) is 88.4 Å². The molecular weight excluding hydrogens is 622 g/mol. The van der Waals surface area contributed by atoms with Gasteiger partial charge in [-0.25, -0.2) is 0 Å². The fourth-order valence-corrected chi connectivity index (χ4v) is 6.00. The van der Waals surface area contributed by atoms with Gasteiger partial charge in [0.05, 0.1) is 18.8 Å². The van der Waals surface area contributed by atoms with Gasteiger partial charge in [-0.1, -0.05) is 42.0 Å². The summed E-state index contributed by atoms with van der Waals surface area (Å²) in [6.07, 6.45) is -5.86. The third kappa shape index (κ3) is 9.70. The number of amides is 1. The van der Waals surface area contributed by atoms with Crippen LogP contribution in [0.1, 0.15) is 54.5 Å². The molecule has 2 heterocycles. The average Bonchev–Trinajstić information content (AvgIpc) is 2.94. The molecule has 2 fully saturated rings. The van der Waals surface area contributed by atoms with Crippen molar-refractivity contribution in [2.24, 2.45) is 5.41 Å². The highest BCUT2D eigenvalue weighted by Gasteiger charge is 2.61. The molecule has 12 heteroatoms. The lowest BCUT2D eigenvalue weighted by Gasteiger charge is -2.41. The summed E-state index contributed by atoms with van der Waals surface area (Å²) in [6.45, 7) is 0.464. The maximum atomic E-state index is 13.5. The molecule has 0 atom stereocenters. The van der Waals surface area contributed by atoms with Crippen molar-refractivity contribution in [2.75, 3.05) is 40.3 Å². The van der Waals surface area contributed by atoms with E-state index in [4.69, 9.17) is 0 Å². The van der Waals surface area contributed by atoms with Crippen molar-refractivity contribution in [3.63, 3.8) is 0 Å². The highest BCUT2D eigenvalue weighted by molar-refractivity contribution is 5.85. The zero-order chi connectivity index (χ0) is 34.4. The van der Waals surface area contributed by atoms with Gasteiger partial charge >= 0.3 is 12.4 Å². The second kappa shape index (κ2) is 15.1. The van der Waals surface area contributed by atoms with Gasteiger partial charge in [0.1, 0.15) is 11.2 Å². The number of fused-ring (bicyclic) bond motifs is 1. The summed E-state index contributed by atoms with van der Waals surface area (Å²) in [4.78, 5) is 19.9. The molecule has 5 rings (SSSR count). The van der Waals surface area contributed by atoms with E-state index < -0.39 is 62.7 Å². The molecule has 1 saturated heterocycles. The Balaban J connectivity index is 0.000000214. The Morgan fingerprint density at radius 2 is 1.70 bits per heavy atom. The summed E-state index contributed by atoms with van der Waals surface area (Å²) in [7, 11) is 4.19. The van der Waals surface area contributed by atoms with Crippen LogP contribution in [0.25, 0.3) is 10.8 Å². The number of likely N-dealkylation sites (tertiary alicyclic amines) is 1. The number of nitrogens with zero attached hydrogens (tertiary/aromatic N) is 3. The van der Waals surface area contributed by atoms with E-state index in [1.807, 2.05) is 6.20 Å². The molecule has 6 nitrogen and oxygen atoms in total. The fraction of sp³-hybridized carbons (Fsp3) is 0.486. The molecule has 2 aliphatic rings. The first-order valence-corrected chi connectivity index (χ1v) is 15.7. The fourth-order valence-electron chi connectivity index (χ4n) is 6.00. The zero-order valence-corrected chi connectivity index (χ0v) is 26.9. The van der Waals surface area contributed by atoms with Crippen molar-refractivity contribution < 1.29 is 36.2 Å². The Kier molecular flexibility index (Phi) is 11.6. The molecule has 47 heavy (non-hydrogen) atoms. The van der Waals surface area contributed by atoms with Crippen LogP contribution in [0.3, 0.4) is 0 Å². The number of hydrogen-bond acceptors (Lipinski definition) is 5. The predicted octanol–water partition coefficient (Wildman–Crippen LogP) is 7.50. The lowest BCUT2D eigenvalue weighted by molar-refractivity contribution is -0.235. The number of carbonyl (C=O) groups excluding carboxylic acids is 1. The third-order valence-electron chi connectivity index (χ3n) is 8.74. The van der Waals surface area contributed by atoms with E-state index in [9.17, 15) is 36.2 Å². The predicted molar refractivity (Wildman–Crippen MR) is 170 cm³/mol. The Morgan fingerprint density at radius 3 is 2.28 bits per heavy atom. The molecule has 0 radical (unpaired) electrons. The van der Waals surface area contributed by atoms with Crippen molar-refractivity contribution in [1.29, 1.82) is 0 Å². The molecule has 2 N–H and O–H groups in total. The summed E-state index contributed by atoms with van der Waals surface area (Å²) in [6, 6.07) is 17.5. The van der Waals surface area contributed by atoms with E-state index >= 15 is 0 Å². The number of benzene rings is 2. The van der Waals surface area contributed by atoms with Gasteiger partial charge in [0.2, 0.25) is 5.91 Å². The minimum atomic E-state index is -4.87. The van der Waals surface area contributed by atoms with Gasteiger partial charge in [0.15, 0.2) is 0 Å². The van der Waals surface area contributed by atoms with E-state index in [0.29, 0.717) is 18.4 Å². The molecule has 1 amide bonds. The second-order valence-electron chi connectivity index (χ2n) is 12.8. The van der Waals surface area contributed by atoms with Crippen LogP contribution in [0.4, 0.5) is 26.3 Å². The van der Waals surface area contributed by atoms with Crippen LogP contribution in [0.15, 0.2) is 66.1 Å². The number of aromatic nitrogens is 1. The first-order valence-electron chi connectivity index (χ1n) is 15.7. The number of aliphatic hydroxyl groups is 1. The van der Waals surface area contributed by atoms with E-state index in [-0.39, 0.29) is 5.76 Å². The molecular formula is C35H42F6N4O2. The standard InChI is InChI=1S/C20H22N2.C15H20F6N2O2/c1-15-5-4-6-16(11-15)13-20-19-8-7-17(14-22(2)3)12-18(19)9-10-21-20;16-14(17,18)9-23-6-4-13(5-7-23,15(19,20)21)12(25)22-8-11(24)10-2-1-3-10/h4-12H,13-14H2,1-3H3;24H,1-9H2,(H,22,25). The van der Waals surface area contributed by atoms with E-state index in [0.717, 1.165) is 30.0 Å². The van der Waals surface area contributed by atoms with Crippen LogP contribution in [0, 0.1) is 12.3 Å². The smallest absolute Gasteiger partial charge is 0.403 e. The SMILES string of the molecule is Cc1cccc(Cc2nccc3cc(CN(C)C)ccc23)c1.O=C(NCC(O)=C1CCC1)C1(C(F)(F)F)CCN(CC(F)(F)F)CC1. The van der Waals surface area contributed by atoms with Crippen LogP contribution < -0.4 is 5.32 Å². The maximum absolute atomic E-state index is 13.5. The van der Waals surface area contributed by atoms with Crippen molar-refractivity contribution in [1.82, 2.24) is 20.1 Å². The third-order valence-corrected chi connectivity index (χ3v) is 8.74. The molecule has 0 spiro atoms. The van der Waals surface area contributed by atoms with Gasteiger partial charge in [0, 0.05) is 24.5 Å². The van der Waals surface area contributed by atoms with Crippen LogP contribution in [0.5, 0.6) is 0 Å². The summed E-state index contributed by atoms with van der Waals surface area (Å²) in [5.41, 5.74) is 3.09. The van der Waals surface area contributed by atoms with Gasteiger partial charge in [-0.15, -0.1) is 0 Å². The number of alkyl halides is 6. The minimum Gasteiger partial charge on any atom is -0.510 e. The van der Waals surface area contributed by atoms with E-state index in [2.05, 4.69) is 84.8 Å². The first kappa shape index (κ1) is 36.2. The number of rotatable bonds is 8. The van der Waals surface area contributed by atoms with Gasteiger partial charge in [-0.05, 0) is 100 Å². The Morgan fingerprint density at radius 1 is 1.00 bits per heavy atom. The Hall–Kier alpha value is -3.64. The number of allylic oxidation sites excluding steroid dienone is 1. The molecule has 1 aromatic heterocycles. The minimum absolute atomic E-state index is 0.133. The van der Waals surface area contributed by atoms with E-state index in [1.165, 1.54) is 27.5 Å². The monoisotopic (exact) mass is 664 g/mol. The quantitative estimate of drug-likeness (QED) is 0.193. The summed E-state index contributed by atoms with van der Waals surface area (Å²) in [5.74, 6) is -1.43. The van der Waals surface area contributed by atoms with E-state index in [1.54, 1.807) is 0 Å².